The quantitative estimate of drug-likeness (QED) is 0.846. The number of halogens is 1. The maximum Gasteiger partial charge on any atom is 0.409 e. The third-order valence-electron chi connectivity index (χ3n) is 3.43. The monoisotopic (exact) mass is 330 g/mol. The molecule has 0 unspecified atom stereocenters. The summed E-state index contributed by atoms with van der Waals surface area (Å²) in [6.45, 7) is 3.25. The highest BCUT2D eigenvalue weighted by Crippen LogP contribution is 2.18. The van der Waals surface area contributed by atoms with Gasteiger partial charge in [-0.2, -0.15) is 4.31 Å². The molecule has 0 bridgehead atoms. The first-order valence-corrected chi connectivity index (χ1v) is 8.56. The zero-order valence-corrected chi connectivity index (χ0v) is 13.2. The number of carbonyl (C=O) groups excluding carboxylic acids is 1. The van der Waals surface area contributed by atoms with Gasteiger partial charge in [-0.15, -0.1) is 0 Å². The summed E-state index contributed by atoms with van der Waals surface area (Å²) in [7, 11) is -3.68. The fourth-order valence-electron chi connectivity index (χ4n) is 2.29. The minimum Gasteiger partial charge on any atom is -0.450 e. The number of benzene rings is 1. The van der Waals surface area contributed by atoms with Crippen molar-refractivity contribution < 1.29 is 22.3 Å². The zero-order valence-electron chi connectivity index (χ0n) is 12.4. The molecule has 1 aromatic carbocycles. The van der Waals surface area contributed by atoms with Gasteiger partial charge < -0.3 is 9.64 Å². The van der Waals surface area contributed by atoms with E-state index in [0.717, 1.165) is 12.1 Å². The Hall–Kier alpha value is -1.67. The molecular weight excluding hydrogens is 311 g/mol. The topological polar surface area (TPSA) is 66.9 Å². The maximum absolute atomic E-state index is 12.9. The molecule has 1 heterocycles. The number of rotatable bonds is 3. The fourth-order valence-corrected chi connectivity index (χ4v) is 3.76. The van der Waals surface area contributed by atoms with Gasteiger partial charge in [0.2, 0.25) is 10.0 Å². The SMILES string of the molecule is CCOC(=O)N1CCCN(S(=O)(=O)c2ccc(F)cc2)CC1. The van der Waals surface area contributed by atoms with E-state index < -0.39 is 21.9 Å². The summed E-state index contributed by atoms with van der Waals surface area (Å²) in [5, 5.41) is 0. The Morgan fingerprint density at radius 2 is 1.86 bits per heavy atom. The van der Waals surface area contributed by atoms with Crippen molar-refractivity contribution in [2.75, 3.05) is 32.8 Å². The second-order valence-corrected chi connectivity index (χ2v) is 6.84. The first-order chi connectivity index (χ1) is 10.4. The molecule has 1 fully saturated rings. The molecule has 0 atom stereocenters. The first-order valence-electron chi connectivity index (χ1n) is 7.12. The maximum atomic E-state index is 12.9. The van der Waals surface area contributed by atoms with Gasteiger partial charge in [-0.3, -0.25) is 0 Å². The minimum atomic E-state index is -3.68. The predicted molar refractivity (Wildman–Crippen MR) is 78.4 cm³/mol. The molecule has 22 heavy (non-hydrogen) atoms. The molecule has 6 nitrogen and oxygen atoms in total. The second-order valence-electron chi connectivity index (χ2n) is 4.90. The van der Waals surface area contributed by atoms with E-state index in [1.165, 1.54) is 21.3 Å². The number of carbonyl (C=O) groups is 1. The van der Waals surface area contributed by atoms with Gasteiger partial charge in [0.1, 0.15) is 5.82 Å². The third kappa shape index (κ3) is 3.75. The normalized spacial score (nSPS) is 17.1. The van der Waals surface area contributed by atoms with Crippen LogP contribution in [0.25, 0.3) is 0 Å². The van der Waals surface area contributed by atoms with Gasteiger partial charge in [-0.25, -0.2) is 17.6 Å². The lowest BCUT2D eigenvalue weighted by atomic mass is 10.4. The van der Waals surface area contributed by atoms with Gasteiger partial charge in [-0.05, 0) is 37.6 Å². The van der Waals surface area contributed by atoms with E-state index >= 15 is 0 Å². The summed E-state index contributed by atoms with van der Waals surface area (Å²) in [4.78, 5) is 13.3. The Bertz CT molecular complexity index is 618. The van der Waals surface area contributed by atoms with Crippen LogP contribution in [0.2, 0.25) is 0 Å². The van der Waals surface area contributed by atoms with Crippen molar-refractivity contribution in [1.82, 2.24) is 9.21 Å². The highest BCUT2D eigenvalue weighted by molar-refractivity contribution is 7.89. The van der Waals surface area contributed by atoms with Gasteiger partial charge in [0, 0.05) is 26.2 Å². The van der Waals surface area contributed by atoms with Crippen LogP contribution in [0.4, 0.5) is 9.18 Å². The summed E-state index contributed by atoms with van der Waals surface area (Å²) in [5.41, 5.74) is 0. The average molecular weight is 330 g/mol. The number of hydrogen-bond donors (Lipinski definition) is 0. The van der Waals surface area contributed by atoms with Crippen LogP contribution in [-0.4, -0.2) is 56.5 Å². The van der Waals surface area contributed by atoms with Crippen molar-refractivity contribution in [3.63, 3.8) is 0 Å². The molecule has 1 aromatic rings. The third-order valence-corrected chi connectivity index (χ3v) is 5.35. The van der Waals surface area contributed by atoms with Gasteiger partial charge in [0.05, 0.1) is 11.5 Å². The number of nitrogens with zero attached hydrogens (tertiary/aromatic N) is 2. The van der Waals surface area contributed by atoms with E-state index in [4.69, 9.17) is 4.74 Å². The summed E-state index contributed by atoms with van der Waals surface area (Å²) >= 11 is 0. The van der Waals surface area contributed by atoms with Gasteiger partial charge in [0.25, 0.3) is 0 Å². The summed E-state index contributed by atoms with van der Waals surface area (Å²) in [6, 6.07) is 4.74. The zero-order chi connectivity index (χ0) is 16.2. The predicted octanol–water partition coefficient (Wildman–Crippen LogP) is 1.68. The molecule has 2 rings (SSSR count). The Morgan fingerprint density at radius 1 is 1.18 bits per heavy atom. The molecule has 0 radical (unpaired) electrons. The fraction of sp³-hybridized carbons (Fsp3) is 0.500. The lowest BCUT2D eigenvalue weighted by Gasteiger charge is -2.21. The average Bonchev–Trinajstić information content (AvgIpc) is 2.74. The van der Waals surface area contributed by atoms with Crippen LogP contribution >= 0.6 is 0 Å². The standard InChI is InChI=1S/C14H19FN2O4S/c1-2-21-14(18)16-8-3-9-17(11-10-16)22(19,20)13-6-4-12(15)5-7-13/h4-7H,2-3,8-11H2,1H3. The molecule has 0 aromatic heterocycles. The van der Waals surface area contributed by atoms with Crippen LogP contribution in [0, 0.1) is 5.82 Å². The number of ether oxygens (including phenoxy) is 1. The van der Waals surface area contributed by atoms with E-state index in [9.17, 15) is 17.6 Å². The van der Waals surface area contributed by atoms with Crippen molar-refractivity contribution in [3.8, 4) is 0 Å². The largest absolute Gasteiger partial charge is 0.450 e. The van der Waals surface area contributed by atoms with Crippen LogP contribution < -0.4 is 0 Å². The van der Waals surface area contributed by atoms with Crippen LogP contribution in [-0.2, 0) is 14.8 Å². The minimum absolute atomic E-state index is 0.0542. The van der Waals surface area contributed by atoms with Crippen LogP contribution in [0.15, 0.2) is 29.2 Å². The molecule has 122 valence electrons. The van der Waals surface area contributed by atoms with Gasteiger partial charge in [-0.1, -0.05) is 0 Å². The molecule has 1 amide bonds. The van der Waals surface area contributed by atoms with Gasteiger partial charge in [0.15, 0.2) is 0 Å². The van der Waals surface area contributed by atoms with Gasteiger partial charge >= 0.3 is 6.09 Å². The highest BCUT2D eigenvalue weighted by Gasteiger charge is 2.28. The van der Waals surface area contributed by atoms with Crippen molar-refractivity contribution in [2.24, 2.45) is 0 Å². The van der Waals surface area contributed by atoms with Crippen molar-refractivity contribution in [1.29, 1.82) is 0 Å². The molecule has 0 spiro atoms. The first kappa shape index (κ1) is 16.7. The molecular formula is C14H19FN2O4S. The Kier molecular flexibility index (Phi) is 5.36. The van der Waals surface area contributed by atoms with E-state index in [2.05, 4.69) is 0 Å². The van der Waals surface area contributed by atoms with Crippen LogP contribution in [0.3, 0.4) is 0 Å². The van der Waals surface area contributed by atoms with Crippen molar-refractivity contribution in [3.05, 3.63) is 30.1 Å². The molecule has 1 saturated heterocycles. The number of hydrogen-bond acceptors (Lipinski definition) is 4. The molecule has 0 N–H and O–H groups in total. The van der Waals surface area contributed by atoms with E-state index in [-0.39, 0.29) is 24.6 Å². The molecule has 0 aliphatic carbocycles. The second kappa shape index (κ2) is 7.06. The molecule has 0 saturated carbocycles. The summed E-state index contributed by atoms with van der Waals surface area (Å²) in [6.07, 6.45) is 0.0997. The summed E-state index contributed by atoms with van der Waals surface area (Å²) in [5.74, 6) is -0.483. The smallest absolute Gasteiger partial charge is 0.409 e. The van der Waals surface area contributed by atoms with Crippen molar-refractivity contribution >= 4 is 16.1 Å². The Morgan fingerprint density at radius 3 is 2.50 bits per heavy atom. The van der Waals surface area contributed by atoms with Crippen LogP contribution in [0.1, 0.15) is 13.3 Å². The number of amides is 1. The summed E-state index contributed by atoms with van der Waals surface area (Å²) < 4.78 is 44.2. The Labute approximate surface area is 129 Å². The highest BCUT2D eigenvalue weighted by atomic mass is 32.2. The number of sulfonamides is 1. The molecule has 1 aliphatic rings. The molecule has 8 heteroatoms. The lowest BCUT2D eigenvalue weighted by molar-refractivity contribution is 0.109. The van der Waals surface area contributed by atoms with E-state index in [1.54, 1.807) is 6.92 Å². The lowest BCUT2D eigenvalue weighted by Crippen LogP contribution is -2.37. The van der Waals surface area contributed by atoms with Crippen LogP contribution in [0.5, 0.6) is 0 Å². The van der Waals surface area contributed by atoms with E-state index in [0.29, 0.717) is 19.5 Å². The Balaban J connectivity index is 2.10. The van der Waals surface area contributed by atoms with Crippen molar-refractivity contribution in [2.45, 2.75) is 18.2 Å². The molecule has 1 aliphatic heterocycles. The van der Waals surface area contributed by atoms with E-state index in [1.807, 2.05) is 0 Å².